The molecule has 1 aromatic carbocycles. The summed E-state index contributed by atoms with van der Waals surface area (Å²) in [5, 5.41) is 3.06. The van der Waals surface area contributed by atoms with E-state index in [-0.39, 0.29) is 17.7 Å². The maximum absolute atomic E-state index is 13.1. The van der Waals surface area contributed by atoms with Gasteiger partial charge >= 0.3 is 0 Å². The van der Waals surface area contributed by atoms with Crippen molar-refractivity contribution in [2.75, 3.05) is 18.4 Å². The van der Waals surface area contributed by atoms with Crippen LogP contribution in [0.15, 0.2) is 61.1 Å². The molecule has 154 valence electrons. The Morgan fingerprint density at radius 2 is 1.87 bits per heavy atom. The summed E-state index contributed by atoms with van der Waals surface area (Å²) in [4.78, 5) is 31.8. The Balaban J connectivity index is 1.38. The predicted octanol–water partition coefficient (Wildman–Crippen LogP) is 3.98. The molecule has 1 saturated heterocycles. The third-order valence-electron chi connectivity index (χ3n) is 5.68. The first-order chi connectivity index (χ1) is 14.5. The highest BCUT2D eigenvalue weighted by Crippen LogP contribution is 2.23. The number of aryl methyl sites for hydroxylation is 2. The summed E-state index contributed by atoms with van der Waals surface area (Å²) in [6.45, 7) is 5.18. The molecule has 4 rings (SSSR count). The van der Waals surface area contributed by atoms with Crippen molar-refractivity contribution in [3.05, 3.63) is 77.9 Å². The Morgan fingerprint density at radius 1 is 1.07 bits per heavy atom. The standard InChI is InChI=1S/C24H26N4O2/c1-17-7-8-21(18(2)15-17)26-23(29)19-9-13-27(14-10-19)24(30)22-6-4-12-28(22)20-5-3-11-25-16-20/h3-8,11-12,15-16,19H,9-10,13-14H2,1-2H3,(H,26,29). The number of carbonyl (C=O) groups excluding carboxylic acids is 2. The smallest absolute Gasteiger partial charge is 0.270 e. The first kappa shape index (κ1) is 19.9. The SMILES string of the molecule is Cc1ccc(NC(=O)C2CCN(C(=O)c3cccn3-c3cccnc3)CC2)c(C)c1. The van der Waals surface area contributed by atoms with Crippen molar-refractivity contribution in [2.24, 2.45) is 5.92 Å². The largest absolute Gasteiger partial charge is 0.337 e. The van der Waals surface area contributed by atoms with Crippen molar-refractivity contribution < 1.29 is 9.59 Å². The Hall–Kier alpha value is -3.41. The average molecular weight is 402 g/mol. The van der Waals surface area contributed by atoms with Crippen LogP contribution < -0.4 is 5.32 Å². The van der Waals surface area contributed by atoms with Crippen molar-refractivity contribution in [1.82, 2.24) is 14.5 Å². The molecule has 1 fully saturated rings. The highest BCUT2D eigenvalue weighted by molar-refractivity contribution is 5.95. The molecule has 1 aliphatic heterocycles. The molecule has 3 heterocycles. The van der Waals surface area contributed by atoms with Gasteiger partial charge in [-0.3, -0.25) is 14.6 Å². The second-order valence-electron chi connectivity index (χ2n) is 7.85. The number of aromatic nitrogens is 2. The van der Waals surface area contributed by atoms with Crippen molar-refractivity contribution in [3.63, 3.8) is 0 Å². The maximum atomic E-state index is 13.1. The van der Waals surface area contributed by atoms with E-state index in [1.165, 1.54) is 5.56 Å². The zero-order chi connectivity index (χ0) is 21.1. The van der Waals surface area contributed by atoms with E-state index in [0.29, 0.717) is 31.6 Å². The van der Waals surface area contributed by atoms with Crippen LogP contribution in [0.3, 0.4) is 0 Å². The summed E-state index contributed by atoms with van der Waals surface area (Å²) in [6, 6.07) is 13.5. The third-order valence-corrected chi connectivity index (χ3v) is 5.68. The van der Waals surface area contributed by atoms with E-state index in [1.54, 1.807) is 12.4 Å². The molecule has 6 nitrogen and oxygen atoms in total. The van der Waals surface area contributed by atoms with Gasteiger partial charge in [-0.15, -0.1) is 0 Å². The number of benzene rings is 1. The molecule has 0 saturated carbocycles. The fraction of sp³-hybridized carbons (Fsp3) is 0.292. The van der Waals surface area contributed by atoms with Crippen LogP contribution >= 0.6 is 0 Å². The maximum Gasteiger partial charge on any atom is 0.270 e. The highest BCUT2D eigenvalue weighted by Gasteiger charge is 2.29. The van der Waals surface area contributed by atoms with Gasteiger partial charge in [0.05, 0.1) is 11.9 Å². The number of piperidine rings is 1. The topological polar surface area (TPSA) is 67.2 Å². The number of nitrogens with zero attached hydrogens (tertiary/aromatic N) is 3. The summed E-state index contributed by atoms with van der Waals surface area (Å²) in [7, 11) is 0. The third kappa shape index (κ3) is 4.13. The summed E-state index contributed by atoms with van der Waals surface area (Å²) in [5.74, 6) is -0.0651. The number of likely N-dealkylation sites (tertiary alicyclic amines) is 1. The van der Waals surface area contributed by atoms with Crippen molar-refractivity contribution in [2.45, 2.75) is 26.7 Å². The van der Waals surface area contributed by atoms with Crippen LogP contribution in [0, 0.1) is 19.8 Å². The van der Waals surface area contributed by atoms with Gasteiger partial charge in [0.25, 0.3) is 5.91 Å². The van der Waals surface area contributed by atoms with Crippen LogP contribution in [0.1, 0.15) is 34.5 Å². The lowest BCUT2D eigenvalue weighted by molar-refractivity contribution is -0.121. The van der Waals surface area contributed by atoms with E-state index < -0.39 is 0 Å². The molecule has 2 amide bonds. The number of rotatable bonds is 4. The number of hydrogen-bond acceptors (Lipinski definition) is 3. The van der Waals surface area contributed by atoms with E-state index in [4.69, 9.17) is 0 Å². The minimum atomic E-state index is -0.0835. The number of hydrogen-bond donors (Lipinski definition) is 1. The molecule has 30 heavy (non-hydrogen) atoms. The zero-order valence-corrected chi connectivity index (χ0v) is 17.3. The zero-order valence-electron chi connectivity index (χ0n) is 17.3. The minimum Gasteiger partial charge on any atom is -0.337 e. The second-order valence-corrected chi connectivity index (χ2v) is 7.85. The Bertz CT molecular complexity index is 1050. The number of nitrogens with one attached hydrogen (secondary N) is 1. The molecular formula is C24H26N4O2. The number of anilines is 1. The minimum absolute atomic E-state index is 0.0166. The van der Waals surface area contributed by atoms with Crippen LogP contribution in [0.25, 0.3) is 5.69 Å². The van der Waals surface area contributed by atoms with Crippen molar-refractivity contribution in [3.8, 4) is 5.69 Å². The van der Waals surface area contributed by atoms with Crippen molar-refractivity contribution >= 4 is 17.5 Å². The molecule has 2 aromatic heterocycles. The molecule has 0 bridgehead atoms. The molecule has 0 spiro atoms. The van der Waals surface area contributed by atoms with Crippen LogP contribution in [0.4, 0.5) is 5.69 Å². The van der Waals surface area contributed by atoms with Crippen LogP contribution in [0.2, 0.25) is 0 Å². The monoisotopic (exact) mass is 402 g/mol. The highest BCUT2D eigenvalue weighted by atomic mass is 16.2. The van der Waals surface area contributed by atoms with Crippen LogP contribution in [-0.2, 0) is 4.79 Å². The van der Waals surface area contributed by atoms with Gasteiger partial charge in [-0.1, -0.05) is 17.7 Å². The van der Waals surface area contributed by atoms with E-state index in [2.05, 4.69) is 16.4 Å². The van der Waals surface area contributed by atoms with E-state index in [1.807, 2.05) is 65.9 Å². The van der Waals surface area contributed by atoms with E-state index in [0.717, 1.165) is 16.9 Å². The van der Waals surface area contributed by atoms with Crippen molar-refractivity contribution in [1.29, 1.82) is 0 Å². The molecule has 0 unspecified atom stereocenters. The summed E-state index contributed by atoms with van der Waals surface area (Å²) < 4.78 is 1.86. The Kier molecular flexibility index (Phi) is 5.65. The average Bonchev–Trinajstić information content (AvgIpc) is 3.26. The van der Waals surface area contributed by atoms with Gasteiger partial charge in [-0.2, -0.15) is 0 Å². The lowest BCUT2D eigenvalue weighted by Crippen LogP contribution is -2.42. The normalized spacial score (nSPS) is 14.5. The number of carbonyl (C=O) groups is 2. The first-order valence-electron chi connectivity index (χ1n) is 10.3. The van der Waals surface area contributed by atoms with Gasteiger partial charge in [0.15, 0.2) is 0 Å². The van der Waals surface area contributed by atoms with Gasteiger partial charge in [0.1, 0.15) is 5.69 Å². The van der Waals surface area contributed by atoms with Gasteiger partial charge in [0.2, 0.25) is 5.91 Å². The fourth-order valence-electron chi connectivity index (χ4n) is 3.97. The summed E-state index contributed by atoms with van der Waals surface area (Å²) >= 11 is 0. The van der Waals surface area contributed by atoms with Gasteiger partial charge < -0.3 is 14.8 Å². The Morgan fingerprint density at radius 3 is 2.57 bits per heavy atom. The fourth-order valence-corrected chi connectivity index (χ4v) is 3.97. The quantitative estimate of drug-likeness (QED) is 0.718. The summed E-state index contributed by atoms with van der Waals surface area (Å²) in [6.07, 6.45) is 6.64. The molecular weight excluding hydrogens is 376 g/mol. The van der Waals surface area contributed by atoms with Gasteiger partial charge in [0, 0.05) is 37.1 Å². The Labute approximate surface area is 176 Å². The van der Waals surface area contributed by atoms with Gasteiger partial charge in [-0.25, -0.2) is 0 Å². The lowest BCUT2D eigenvalue weighted by atomic mass is 9.95. The molecule has 3 aromatic rings. The van der Waals surface area contributed by atoms with Crippen LogP contribution in [0.5, 0.6) is 0 Å². The predicted molar refractivity (Wildman–Crippen MR) is 117 cm³/mol. The van der Waals surface area contributed by atoms with Gasteiger partial charge in [-0.05, 0) is 62.6 Å². The van der Waals surface area contributed by atoms with E-state index in [9.17, 15) is 9.59 Å². The molecule has 0 aliphatic carbocycles. The molecule has 0 atom stereocenters. The summed E-state index contributed by atoms with van der Waals surface area (Å²) in [5.41, 5.74) is 4.56. The lowest BCUT2D eigenvalue weighted by Gasteiger charge is -2.31. The molecule has 6 heteroatoms. The molecule has 0 radical (unpaired) electrons. The number of pyridine rings is 1. The number of amides is 2. The first-order valence-corrected chi connectivity index (χ1v) is 10.3. The van der Waals surface area contributed by atoms with Crippen LogP contribution in [-0.4, -0.2) is 39.4 Å². The molecule has 1 N–H and O–H groups in total. The molecule has 1 aliphatic rings. The second kappa shape index (κ2) is 8.53. The van der Waals surface area contributed by atoms with E-state index >= 15 is 0 Å².